The fourth-order valence-corrected chi connectivity index (χ4v) is 7.04. The van der Waals surface area contributed by atoms with Crippen LogP contribution in [0.5, 0.6) is 6.01 Å². The van der Waals surface area contributed by atoms with Gasteiger partial charge in [0.15, 0.2) is 15.1 Å². The molecule has 0 aliphatic carbocycles. The number of carbonyl (C=O) groups is 2. The van der Waals surface area contributed by atoms with Crippen LogP contribution in [0.25, 0.3) is 21.3 Å². The monoisotopic (exact) mass is 574 g/mol. The van der Waals surface area contributed by atoms with Crippen LogP contribution in [-0.4, -0.2) is 62.8 Å². The number of nitrogens with one attached hydrogen (secondary N) is 1. The van der Waals surface area contributed by atoms with E-state index in [0.717, 1.165) is 46.7 Å². The summed E-state index contributed by atoms with van der Waals surface area (Å²) < 4.78 is 37.5. The van der Waals surface area contributed by atoms with E-state index in [1.54, 1.807) is 18.5 Å². The number of carbonyl (C=O) groups excluding carboxylic acids is 2. The smallest absolute Gasteiger partial charge is 0.316 e. The molecule has 2 amide bonds. The maximum atomic E-state index is 12.8. The zero-order chi connectivity index (χ0) is 26.9. The Hall–Kier alpha value is -3.43. The Labute approximate surface area is 225 Å². The predicted octanol–water partition coefficient (Wildman–Crippen LogP) is 3.34. The van der Waals surface area contributed by atoms with E-state index in [2.05, 4.69) is 37.4 Å². The molecule has 1 N–H and O–H groups in total. The minimum atomic E-state index is -3.75. The molecule has 5 rings (SSSR count). The zero-order valence-corrected chi connectivity index (χ0v) is 22.7. The van der Waals surface area contributed by atoms with Crippen molar-refractivity contribution in [1.82, 2.24) is 30.5 Å². The van der Waals surface area contributed by atoms with E-state index in [-0.39, 0.29) is 23.2 Å². The van der Waals surface area contributed by atoms with E-state index in [1.165, 1.54) is 11.3 Å². The van der Waals surface area contributed by atoms with Crippen LogP contribution in [0.3, 0.4) is 0 Å². The number of thioether (sulfide) groups is 1. The fraction of sp³-hybridized carbons (Fsp3) is 0.348. The van der Waals surface area contributed by atoms with Crippen molar-refractivity contribution < 1.29 is 27.2 Å². The lowest BCUT2D eigenvalue weighted by Gasteiger charge is -2.07. The minimum absolute atomic E-state index is 0.000564. The summed E-state index contributed by atoms with van der Waals surface area (Å²) in [6, 6.07) is 5.85. The summed E-state index contributed by atoms with van der Waals surface area (Å²) in [6.07, 6.45) is 6.36. The lowest BCUT2D eigenvalue weighted by atomic mass is 10.1. The van der Waals surface area contributed by atoms with Gasteiger partial charge in [-0.1, -0.05) is 31.2 Å². The first-order chi connectivity index (χ1) is 18.2. The van der Waals surface area contributed by atoms with Gasteiger partial charge in [0.1, 0.15) is 10.3 Å². The van der Waals surface area contributed by atoms with Crippen molar-refractivity contribution in [3.63, 3.8) is 0 Å². The van der Waals surface area contributed by atoms with Gasteiger partial charge in [-0.3, -0.25) is 14.9 Å². The standard InChI is InChI=1S/C23H22N6O6S3/c1-3-4-7-34-22-24-10-13(11-25-22)12-5-6-14-15(8-12)36-21(26-14)18(38(2,32)33)20-29-28-17(35-20)9-16-19(30)27-23(31)37-16/h5-6,8,10-11,16,18H,3-4,7,9H2,1-2H3,(H,27,30,31). The SMILES string of the molecule is CCCCOc1ncc(-c2ccc3nc(C(c4nnc(CC5SC(=O)NC5=O)o4)S(C)(=O)=O)sc3c2)cn1. The maximum absolute atomic E-state index is 12.8. The lowest BCUT2D eigenvalue weighted by Crippen LogP contribution is -2.25. The van der Waals surface area contributed by atoms with Crippen molar-refractivity contribution in [3.8, 4) is 17.1 Å². The van der Waals surface area contributed by atoms with E-state index in [1.807, 2.05) is 12.1 Å². The van der Waals surface area contributed by atoms with Crippen LogP contribution >= 0.6 is 23.1 Å². The number of rotatable bonds is 10. The van der Waals surface area contributed by atoms with Gasteiger partial charge in [-0.05, 0) is 24.1 Å². The molecule has 1 aromatic carbocycles. The molecular weight excluding hydrogens is 552 g/mol. The van der Waals surface area contributed by atoms with Gasteiger partial charge in [-0.2, -0.15) is 0 Å². The molecule has 198 valence electrons. The van der Waals surface area contributed by atoms with Gasteiger partial charge < -0.3 is 9.15 Å². The number of benzene rings is 1. The second-order valence-corrected chi connectivity index (χ2v) is 12.9. The molecule has 15 heteroatoms. The number of thiazole rings is 1. The van der Waals surface area contributed by atoms with Crippen LogP contribution in [0.1, 0.15) is 41.8 Å². The van der Waals surface area contributed by atoms with Crippen molar-refractivity contribution in [1.29, 1.82) is 0 Å². The highest BCUT2D eigenvalue weighted by Crippen LogP contribution is 2.36. The molecule has 4 heterocycles. The molecule has 3 aromatic heterocycles. The largest absolute Gasteiger partial charge is 0.463 e. The van der Waals surface area contributed by atoms with Crippen LogP contribution in [-0.2, 0) is 21.1 Å². The van der Waals surface area contributed by atoms with Crippen LogP contribution in [0.4, 0.5) is 4.79 Å². The predicted molar refractivity (Wildman–Crippen MR) is 141 cm³/mol. The van der Waals surface area contributed by atoms with Gasteiger partial charge in [-0.15, -0.1) is 21.5 Å². The molecule has 4 aromatic rings. The Balaban J connectivity index is 1.40. The number of imide groups is 1. The molecule has 0 radical (unpaired) electrons. The van der Waals surface area contributed by atoms with Gasteiger partial charge in [0.05, 0.1) is 16.8 Å². The van der Waals surface area contributed by atoms with E-state index in [4.69, 9.17) is 9.15 Å². The summed E-state index contributed by atoms with van der Waals surface area (Å²) in [4.78, 5) is 36.3. The molecule has 38 heavy (non-hydrogen) atoms. The van der Waals surface area contributed by atoms with E-state index in [9.17, 15) is 18.0 Å². The van der Waals surface area contributed by atoms with Gasteiger partial charge >= 0.3 is 6.01 Å². The topological polar surface area (TPSA) is 167 Å². The van der Waals surface area contributed by atoms with Crippen molar-refractivity contribution in [3.05, 3.63) is 47.4 Å². The van der Waals surface area contributed by atoms with Crippen LogP contribution < -0.4 is 10.1 Å². The Morgan fingerprint density at radius 3 is 2.63 bits per heavy atom. The number of amides is 2. The molecule has 1 aliphatic heterocycles. The normalized spacial score (nSPS) is 16.6. The fourth-order valence-electron chi connectivity index (χ4n) is 3.69. The average molecular weight is 575 g/mol. The molecule has 2 unspecified atom stereocenters. The molecule has 0 bridgehead atoms. The number of unbranched alkanes of at least 4 members (excludes halogenated alkanes) is 1. The van der Waals surface area contributed by atoms with E-state index >= 15 is 0 Å². The summed E-state index contributed by atoms with van der Waals surface area (Å²) in [7, 11) is -3.75. The average Bonchev–Trinajstić information content (AvgIpc) is 3.57. The van der Waals surface area contributed by atoms with Crippen molar-refractivity contribution in [2.24, 2.45) is 0 Å². The number of sulfone groups is 1. The number of hydrogen-bond acceptors (Lipinski definition) is 13. The Morgan fingerprint density at radius 2 is 1.95 bits per heavy atom. The Morgan fingerprint density at radius 1 is 1.16 bits per heavy atom. The summed E-state index contributed by atoms with van der Waals surface area (Å²) in [5.74, 6) is -0.546. The summed E-state index contributed by atoms with van der Waals surface area (Å²) in [5.41, 5.74) is 2.23. The van der Waals surface area contributed by atoms with Crippen molar-refractivity contribution in [2.45, 2.75) is 36.7 Å². The third kappa shape index (κ3) is 5.68. The molecule has 1 saturated heterocycles. The number of aromatic nitrogens is 5. The highest BCUT2D eigenvalue weighted by Gasteiger charge is 2.36. The first kappa shape index (κ1) is 26.2. The summed E-state index contributed by atoms with van der Waals surface area (Å²) in [5, 5.41) is 7.85. The number of ether oxygens (including phenoxy) is 1. The maximum Gasteiger partial charge on any atom is 0.316 e. The highest BCUT2D eigenvalue weighted by atomic mass is 32.2. The first-order valence-electron chi connectivity index (χ1n) is 11.6. The third-order valence-electron chi connectivity index (χ3n) is 5.58. The van der Waals surface area contributed by atoms with Crippen LogP contribution in [0, 0.1) is 0 Å². The Kier molecular flexibility index (Phi) is 7.40. The van der Waals surface area contributed by atoms with Crippen LogP contribution in [0.15, 0.2) is 35.0 Å². The zero-order valence-electron chi connectivity index (χ0n) is 20.3. The molecule has 0 spiro atoms. The first-order valence-corrected chi connectivity index (χ1v) is 15.2. The Bertz CT molecular complexity index is 1600. The molecule has 1 fully saturated rings. The molecule has 0 saturated carbocycles. The number of nitrogens with zero attached hydrogens (tertiary/aromatic N) is 5. The quantitative estimate of drug-likeness (QED) is 0.275. The minimum Gasteiger partial charge on any atom is -0.463 e. The van der Waals surface area contributed by atoms with Crippen LogP contribution in [0.2, 0.25) is 0 Å². The van der Waals surface area contributed by atoms with Gasteiger partial charge in [0.25, 0.3) is 5.24 Å². The van der Waals surface area contributed by atoms with Gasteiger partial charge in [-0.25, -0.2) is 23.4 Å². The molecule has 1 aliphatic rings. The van der Waals surface area contributed by atoms with Gasteiger partial charge in [0.2, 0.25) is 17.7 Å². The number of fused-ring (bicyclic) bond motifs is 1. The second kappa shape index (κ2) is 10.7. The lowest BCUT2D eigenvalue weighted by molar-refractivity contribution is -0.119. The summed E-state index contributed by atoms with van der Waals surface area (Å²) >= 11 is 2.02. The van der Waals surface area contributed by atoms with Crippen molar-refractivity contribution >= 4 is 54.3 Å². The van der Waals surface area contributed by atoms with Crippen molar-refractivity contribution in [2.75, 3.05) is 12.9 Å². The molecule has 12 nitrogen and oxygen atoms in total. The van der Waals surface area contributed by atoms with Gasteiger partial charge in [0, 0.05) is 30.6 Å². The van der Waals surface area contributed by atoms with E-state index < -0.39 is 31.5 Å². The second-order valence-electron chi connectivity index (χ2n) is 8.52. The third-order valence-corrected chi connectivity index (χ3v) is 9.08. The molecular formula is C23H22N6O6S3. The molecule has 2 atom stereocenters. The summed E-state index contributed by atoms with van der Waals surface area (Å²) in [6.45, 7) is 2.64. The van der Waals surface area contributed by atoms with E-state index in [0.29, 0.717) is 18.1 Å². The highest BCUT2D eigenvalue weighted by molar-refractivity contribution is 8.15. The number of hydrogen-bond donors (Lipinski definition) is 1.